The summed E-state index contributed by atoms with van der Waals surface area (Å²) in [5.74, 6) is 0. The van der Waals surface area contributed by atoms with E-state index in [-0.39, 0.29) is 5.41 Å². The van der Waals surface area contributed by atoms with E-state index in [1.54, 1.807) is 0 Å². The van der Waals surface area contributed by atoms with Gasteiger partial charge in [-0.25, -0.2) is 0 Å². The summed E-state index contributed by atoms with van der Waals surface area (Å²) in [5, 5.41) is 4.19. The second kappa shape index (κ2) is 3.23. The average Bonchev–Trinajstić information content (AvgIpc) is 2.51. The van der Waals surface area contributed by atoms with E-state index in [0.717, 1.165) is 12.2 Å². The molecule has 0 unspecified atom stereocenters. The van der Waals surface area contributed by atoms with Crippen molar-refractivity contribution >= 4 is 5.71 Å². The predicted octanol–water partition coefficient (Wildman–Crippen LogP) is 2.03. The van der Waals surface area contributed by atoms with Crippen molar-refractivity contribution < 1.29 is 0 Å². The molecule has 1 aliphatic heterocycles. The summed E-state index contributed by atoms with van der Waals surface area (Å²) in [6.07, 6.45) is 4.26. The lowest BCUT2D eigenvalue weighted by Gasteiger charge is -2.30. The second-order valence-corrected chi connectivity index (χ2v) is 4.56. The van der Waals surface area contributed by atoms with Crippen molar-refractivity contribution in [1.29, 1.82) is 0 Å². The Balaban J connectivity index is 2.43. The van der Waals surface area contributed by atoms with Crippen LogP contribution < -0.4 is 0 Å². The maximum Gasteiger partial charge on any atom is 0.0822 e. The molecule has 1 aromatic rings. The topological polar surface area (TPSA) is 30.2 Å². The number of nitrogens with zero attached hydrogens (tertiary/aromatic N) is 3. The molecule has 3 heteroatoms. The lowest BCUT2D eigenvalue weighted by atomic mass is 9.79. The van der Waals surface area contributed by atoms with Crippen molar-refractivity contribution in [3.63, 3.8) is 0 Å². The van der Waals surface area contributed by atoms with Crippen LogP contribution in [0.3, 0.4) is 0 Å². The van der Waals surface area contributed by atoms with Gasteiger partial charge in [-0.1, -0.05) is 13.8 Å². The molecular formula is C11H17N3. The van der Waals surface area contributed by atoms with E-state index in [9.17, 15) is 0 Å². The lowest BCUT2D eigenvalue weighted by Crippen LogP contribution is -2.30. The zero-order valence-corrected chi connectivity index (χ0v) is 9.12. The number of aliphatic imine (C=N–C) groups is 1. The van der Waals surface area contributed by atoms with Gasteiger partial charge < -0.3 is 0 Å². The predicted molar refractivity (Wildman–Crippen MR) is 57.6 cm³/mol. The molecule has 0 saturated heterocycles. The summed E-state index contributed by atoms with van der Waals surface area (Å²) >= 11 is 0. The molecule has 0 N–H and O–H groups in total. The summed E-state index contributed by atoms with van der Waals surface area (Å²) in [6, 6.07) is 2.05. The van der Waals surface area contributed by atoms with Crippen LogP contribution in [0.15, 0.2) is 17.3 Å². The van der Waals surface area contributed by atoms with Crippen LogP contribution in [0, 0.1) is 5.41 Å². The van der Waals surface area contributed by atoms with E-state index in [1.165, 1.54) is 18.6 Å². The molecule has 0 aliphatic carbocycles. The number of aromatic nitrogens is 2. The van der Waals surface area contributed by atoms with Crippen LogP contribution in [0.5, 0.6) is 0 Å². The Morgan fingerprint density at radius 1 is 1.43 bits per heavy atom. The van der Waals surface area contributed by atoms with E-state index in [1.807, 2.05) is 24.0 Å². The third-order valence-electron chi connectivity index (χ3n) is 2.93. The van der Waals surface area contributed by atoms with Crippen LogP contribution in [-0.4, -0.2) is 22.0 Å². The number of hydrogen-bond donors (Lipinski definition) is 0. The third kappa shape index (κ3) is 1.47. The van der Waals surface area contributed by atoms with Crippen LogP contribution in [0.1, 0.15) is 32.4 Å². The molecule has 0 bridgehead atoms. The summed E-state index contributed by atoms with van der Waals surface area (Å²) in [6.45, 7) is 5.49. The summed E-state index contributed by atoms with van der Waals surface area (Å²) in [5.41, 5.74) is 2.57. The zero-order chi connectivity index (χ0) is 10.2. The van der Waals surface area contributed by atoms with Gasteiger partial charge in [0, 0.05) is 25.2 Å². The zero-order valence-electron chi connectivity index (χ0n) is 9.12. The average molecular weight is 191 g/mol. The fourth-order valence-corrected chi connectivity index (χ4v) is 2.08. The highest BCUT2D eigenvalue weighted by molar-refractivity contribution is 6.03. The van der Waals surface area contributed by atoms with Crippen LogP contribution in [-0.2, 0) is 7.05 Å². The van der Waals surface area contributed by atoms with Gasteiger partial charge in [-0.15, -0.1) is 0 Å². The molecule has 0 fully saturated rings. The van der Waals surface area contributed by atoms with E-state index < -0.39 is 0 Å². The molecule has 1 aliphatic rings. The fourth-order valence-electron chi connectivity index (χ4n) is 2.08. The van der Waals surface area contributed by atoms with Crippen molar-refractivity contribution in [2.45, 2.75) is 26.7 Å². The van der Waals surface area contributed by atoms with Gasteiger partial charge in [0.15, 0.2) is 0 Å². The SMILES string of the molecule is Cn1nccc1C1=NCCCC1(C)C. The van der Waals surface area contributed by atoms with E-state index >= 15 is 0 Å². The van der Waals surface area contributed by atoms with Gasteiger partial charge in [-0.3, -0.25) is 9.67 Å². The van der Waals surface area contributed by atoms with Crippen LogP contribution in [0.2, 0.25) is 0 Å². The Morgan fingerprint density at radius 2 is 2.21 bits per heavy atom. The minimum Gasteiger partial charge on any atom is -0.287 e. The third-order valence-corrected chi connectivity index (χ3v) is 2.93. The molecule has 2 heterocycles. The summed E-state index contributed by atoms with van der Waals surface area (Å²) < 4.78 is 1.91. The molecule has 2 rings (SSSR count). The highest BCUT2D eigenvalue weighted by Crippen LogP contribution is 2.31. The largest absolute Gasteiger partial charge is 0.287 e. The minimum absolute atomic E-state index is 0.200. The Hall–Kier alpha value is -1.12. The highest BCUT2D eigenvalue weighted by atomic mass is 15.3. The quantitative estimate of drug-likeness (QED) is 0.668. The fraction of sp³-hybridized carbons (Fsp3) is 0.636. The molecular weight excluding hydrogens is 174 g/mol. The molecule has 0 radical (unpaired) electrons. The Morgan fingerprint density at radius 3 is 2.79 bits per heavy atom. The van der Waals surface area contributed by atoms with Crippen molar-refractivity contribution in [2.75, 3.05) is 6.54 Å². The van der Waals surface area contributed by atoms with Gasteiger partial charge in [0.1, 0.15) is 0 Å². The smallest absolute Gasteiger partial charge is 0.0822 e. The Labute approximate surface area is 84.8 Å². The van der Waals surface area contributed by atoms with E-state index in [0.29, 0.717) is 0 Å². The standard InChI is InChI=1S/C11H17N3/c1-11(2)6-4-7-12-10(11)9-5-8-13-14(9)3/h5,8H,4,6-7H2,1-3H3. The summed E-state index contributed by atoms with van der Waals surface area (Å²) in [4.78, 5) is 4.64. The van der Waals surface area contributed by atoms with Gasteiger partial charge in [-0.05, 0) is 18.9 Å². The van der Waals surface area contributed by atoms with E-state index in [2.05, 4.69) is 23.9 Å². The Bertz CT molecular complexity index is 360. The van der Waals surface area contributed by atoms with Gasteiger partial charge >= 0.3 is 0 Å². The van der Waals surface area contributed by atoms with Gasteiger partial charge in [0.25, 0.3) is 0 Å². The first-order valence-corrected chi connectivity index (χ1v) is 5.14. The van der Waals surface area contributed by atoms with Crippen LogP contribution in [0.25, 0.3) is 0 Å². The minimum atomic E-state index is 0.200. The van der Waals surface area contributed by atoms with Crippen LogP contribution >= 0.6 is 0 Å². The van der Waals surface area contributed by atoms with Crippen LogP contribution in [0.4, 0.5) is 0 Å². The van der Waals surface area contributed by atoms with Gasteiger partial charge in [-0.2, -0.15) is 5.10 Å². The second-order valence-electron chi connectivity index (χ2n) is 4.56. The van der Waals surface area contributed by atoms with Gasteiger partial charge in [0.05, 0.1) is 11.4 Å². The first kappa shape index (κ1) is 9.44. The molecule has 0 aromatic carbocycles. The van der Waals surface area contributed by atoms with Crippen molar-refractivity contribution in [2.24, 2.45) is 17.5 Å². The molecule has 0 spiro atoms. The molecule has 3 nitrogen and oxygen atoms in total. The first-order chi connectivity index (χ1) is 6.61. The van der Waals surface area contributed by atoms with Crippen molar-refractivity contribution in [3.05, 3.63) is 18.0 Å². The van der Waals surface area contributed by atoms with Crippen molar-refractivity contribution in [1.82, 2.24) is 9.78 Å². The normalized spacial score (nSPS) is 20.6. The first-order valence-electron chi connectivity index (χ1n) is 5.14. The molecule has 0 saturated carbocycles. The lowest BCUT2D eigenvalue weighted by molar-refractivity contribution is 0.437. The number of aryl methyl sites for hydroxylation is 1. The maximum absolute atomic E-state index is 4.64. The highest BCUT2D eigenvalue weighted by Gasteiger charge is 2.29. The summed E-state index contributed by atoms with van der Waals surface area (Å²) in [7, 11) is 1.97. The molecule has 76 valence electrons. The van der Waals surface area contributed by atoms with E-state index in [4.69, 9.17) is 0 Å². The molecule has 0 atom stereocenters. The Kier molecular flexibility index (Phi) is 2.17. The van der Waals surface area contributed by atoms with Gasteiger partial charge in [0.2, 0.25) is 0 Å². The number of hydrogen-bond acceptors (Lipinski definition) is 2. The van der Waals surface area contributed by atoms with Crippen molar-refractivity contribution in [3.8, 4) is 0 Å². The molecule has 0 amide bonds. The monoisotopic (exact) mass is 191 g/mol. The molecule has 14 heavy (non-hydrogen) atoms. The maximum atomic E-state index is 4.64. The number of rotatable bonds is 1. The molecule has 1 aromatic heterocycles.